The van der Waals surface area contributed by atoms with E-state index in [0.717, 1.165) is 19.6 Å². The van der Waals surface area contributed by atoms with Crippen molar-refractivity contribution in [1.82, 2.24) is 14.9 Å². The van der Waals surface area contributed by atoms with Crippen LogP contribution in [0.25, 0.3) is 0 Å². The van der Waals surface area contributed by atoms with Crippen molar-refractivity contribution in [3.8, 4) is 5.75 Å². The average molecular weight is 558 g/mol. The van der Waals surface area contributed by atoms with Crippen molar-refractivity contribution < 1.29 is 19.2 Å². The molecule has 0 radical (unpaired) electrons. The topological polar surface area (TPSA) is 129 Å². The summed E-state index contributed by atoms with van der Waals surface area (Å²) < 4.78 is 19.7. The molecule has 3 aromatic rings. The van der Waals surface area contributed by atoms with Crippen LogP contribution in [0.4, 0.5) is 38.9 Å². The number of nitro benzene ring substituents is 1. The van der Waals surface area contributed by atoms with Gasteiger partial charge >= 0.3 is 0 Å². The van der Waals surface area contributed by atoms with Crippen LogP contribution in [-0.4, -0.2) is 64.7 Å². The number of halogens is 2. The molecule has 1 aromatic heterocycles. The number of anilines is 5. The fraction of sp³-hybridized carbons (Fsp3) is 0.385. The van der Waals surface area contributed by atoms with Gasteiger partial charge in [0.15, 0.2) is 0 Å². The number of rotatable bonds is 8. The Bertz CT molecular complexity index is 1430. The third-order valence-electron chi connectivity index (χ3n) is 7.21. The highest BCUT2D eigenvalue weighted by Gasteiger charge is 2.45. The molecule has 2 aliphatic rings. The summed E-state index contributed by atoms with van der Waals surface area (Å²) in [6.07, 6.45) is 1.48. The minimum Gasteiger partial charge on any atom is -0.494 e. The number of nitro groups is 1. The summed E-state index contributed by atoms with van der Waals surface area (Å²) in [5, 5.41) is 28.5. The van der Waals surface area contributed by atoms with Crippen molar-refractivity contribution in [3.63, 3.8) is 0 Å². The number of benzene rings is 2. The van der Waals surface area contributed by atoms with Gasteiger partial charge in [-0.2, -0.15) is 4.98 Å². The van der Waals surface area contributed by atoms with Crippen LogP contribution in [0.5, 0.6) is 5.75 Å². The van der Waals surface area contributed by atoms with Gasteiger partial charge in [0.05, 0.1) is 28.3 Å². The van der Waals surface area contributed by atoms with Gasteiger partial charge in [0.2, 0.25) is 5.95 Å². The molecule has 2 aliphatic heterocycles. The molecular weight excluding hydrogens is 529 g/mol. The van der Waals surface area contributed by atoms with Gasteiger partial charge in [-0.1, -0.05) is 11.6 Å². The highest BCUT2D eigenvalue weighted by molar-refractivity contribution is 6.31. The normalized spacial score (nSPS) is 18.9. The number of hydrogen-bond donors (Lipinski definition) is 3. The number of ether oxygens (including phenoxy) is 1. The van der Waals surface area contributed by atoms with Crippen molar-refractivity contribution >= 4 is 46.1 Å². The number of fused-ring (bicyclic) bond motifs is 1. The first kappa shape index (κ1) is 26.9. The van der Waals surface area contributed by atoms with E-state index in [1.54, 1.807) is 12.1 Å². The highest BCUT2D eigenvalue weighted by atomic mass is 35.5. The Hall–Kier alpha value is -3.74. The number of aliphatic hydroxyl groups is 1. The van der Waals surface area contributed by atoms with E-state index < -0.39 is 16.3 Å². The van der Waals surface area contributed by atoms with Gasteiger partial charge in [-0.25, -0.2) is 9.37 Å². The van der Waals surface area contributed by atoms with E-state index in [-0.39, 0.29) is 22.2 Å². The van der Waals surface area contributed by atoms with E-state index in [1.807, 2.05) is 4.90 Å². The van der Waals surface area contributed by atoms with Gasteiger partial charge in [0.25, 0.3) is 5.69 Å². The van der Waals surface area contributed by atoms with E-state index in [2.05, 4.69) is 32.5 Å². The zero-order chi connectivity index (χ0) is 28.1. The summed E-state index contributed by atoms with van der Waals surface area (Å²) in [6, 6.07) is 7.60. The largest absolute Gasteiger partial charge is 0.494 e. The molecule has 0 saturated carbocycles. The van der Waals surface area contributed by atoms with Crippen molar-refractivity contribution in [2.45, 2.75) is 25.5 Å². The first-order valence-corrected chi connectivity index (χ1v) is 12.7. The second-order valence-electron chi connectivity index (χ2n) is 10.4. The number of likely N-dealkylation sites (N-methyl/N-ethyl adjacent to an activating group) is 1. The van der Waals surface area contributed by atoms with E-state index in [1.165, 1.54) is 45.4 Å². The molecular formula is C26H29ClFN7O4. The molecule has 0 amide bonds. The molecule has 2 fully saturated rings. The van der Waals surface area contributed by atoms with E-state index >= 15 is 0 Å². The first-order valence-electron chi connectivity index (χ1n) is 12.3. The molecule has 3 heterocycles. The number of aromatic nitrogens is 2. The maximum absolute atomic E-state index is 14.1. The molecule has 39 heavy (non-hydrogen) atoms. The lowest BCUT2D eigenvalue weighted by Crippen LogP contribution is -2.52. The van der Waals surface area contributed by atoms with Crippen molar-refractivity contribution in [2.75, 3.05) is 49.3 Å². The van der Waals surface area contributed by atoms with Crippen molar-refractivity contribution in [1.29, 1.82) is 0 Å². The lowest BCUT2D eigenvalue weighted by atomic mass is 9.93. The SMILES string of the molecule is COc1cc(N2C[C@@H]3CN(C)[C@@H]3C2)c([N+](=O)[O-])cc1Nc1nccc(Nc2cc(Cl)c(F)cc2C(C)(C)O)n1. The third-order valence-corrected chi connectivity index (χ3v) is 7.50. The standard InChI is InChI=1S/C26H29ClFN7O4/c1-26(2,36)15-7-17(28)16(27)8-18(15)30-24-5-6-29-25(32-24)31-19-9-21(35(37)38)20(10-23(19)39-4)34-12-14-11-33(3)22(14)13-34/h5-10,14,22,36H,11-13H2,1-4H3,(H2,29,30,31,32)/t14-,22+/m0/s1. The number of hydrogen-bond acceptors (Lipinski definition) is 10. The van der Waals surface area contributed by atoms with Gasteiger partial charge in [0.1, 0.15) is 23.1 Å². The molecule has 0 bridgehead atoms. The summed E-state index contributed by atoms with van der Waals surface area (Å²) in [7, 11) is 3.55. The molecule has 13 heteroatoms. The Morgan fingerprint density at radius 3 is 2.62 bits per heavy atom. The van der Waals surface area contributed by atoms with Crippen LogP contribution in [0.15, 0.2) is 36.5 Å². The lowest BCUT2D eigenvalue weighted by Gasteiger charge is -2.40. The molecule has 0 unspecified atom stereocenters. The Kier molecular flexibility index (Phi) is 6.95. The molecule has 2 atom stereocenters. The molecule has 11 nitrogen and oxygen atoms in total. The van der Waals surface area contributed by atoms with E-state index in [0.29, 0.717) is 40.6 Å². The molecule has 2 saturated heterocycles. The second kappa shape index (κ2) is 10.1. The summed E-state index contributed by atoms with van der Waals surface area (Å²) in [5.74, 6) is 0.700. The molecule has 206 valence electrons. The predicted octanol–water partition coefficient (Wildman–Crippen LogP) is 4.65. The van der Waals surface area contributed by atoms with Crippen LogP contribution >= 0.6 is 11.6 Å². The zero-order valence-electron chi connectivity index (χ0n) is 21.9. The minimum absolute atomic E-state index is 0.0488. The van der Waals surface area contributed by atoms with E-state index in [9.17, 15) is 19.6 Å². The minimum atomic E-state index is -1.36. The summed E-state index contributed by atoms with van der Waals surface area (Å²) in [5.41, 5.74) is 0.0704. The van der Waals surface area contributed by atoms with Crippen LogP contribution in [0.1, 0.15) is 19.4 Å². The number of likely N-dealkylation sites (tertiary alicyclic amines) is 1. The van der Waals surface area contributed by atoms with Crippen LogP contribution < -0.4 is 20.3 Å². The quantitative estimate of drug-likeness (QED) is 0.266. The average Bonchev–Trinajstić information content (AvgIpc) is 3.22. The van der Waals surface area contributed by atoms with Crippen LogP contribution in [0.2, 0.25) is 5.02 Å². The molecule has 3 N–H and O–H groups in total. The van der Waals surface area contributed by atoms with Gasteiger partial charge < -0.3 is 30.3 Å². The molecule has 2 aromatic carbocycles. The first-order chi connectivity index (χ1) is 18.4. The lowest BCUT2D eigenvalue weighted by molar-refractivity contribution is -0.384. The van der Waals surface area contributed by atoms with Gasteiger partial charge in [-0.3, -0.25) is 10.1 Å². The van der Waals surface area contributed by atoms with Crippen LogP contribution in [0, 0.1) is 21.8 Å². The smallest absolute Gasteiger partial charge is 0.294 e. The van der Waals surface area contributed by atoms with Crippen LogP contribution in [0.3, 0.4) is 0 Å². The summed E-state index contributed by atoms with van der Waals surface area (Å²) in [6.45, 7) is 5.51. The summed E-state index contributed by atoms with van der Waals surface area (Å²) in [4.78, 5) is 24.6. The molecule has 5 rings (SSSR count). The third kappa shape index (κ3) is 5.27. The number of methoxy groups -OCH3 is 1. The monoisotopic (exact) mass is 557 g/mol. The predicted molar refractivity (Wildman–Crippen MR) is 147 cm³/mol. The van der Waals surface area contributed by atoms with Crippen LogP contribution in [-0.2, 0) is 5.60 Å². The van der Waals surface area contributed by atoms with Gasteiger partial charge in [0, 0.05) is 61.2 Å². The molecule has 0 spiro atoms. The maximum Gasteiger partial charge on any atom is 0.294 e. The molecule has 0 aliphatic carbocycles. The fourth-order valence-corrected chi connectivity index (χ4v) is 5.39. The Morgan fingerprint density at radius 2 is 1.97 bits per heavy atom. The highest BCUT2D eigenvalue weighted by Crippen LogP contribution is 2.43. The van der Waals surface area contributed by atoms with Crippen molar-refractivity contribution in [3.05, 3.63) is 63.0 Å². The number of nitrogens with zero attached hydrogens (tertiary/aromatic N) is 5. The summed E-state index contributed by atoms with van der Waals surface area (Å²) >= 11 is 5.98. The van der Waals surface area contributed by atoms with E-state index in [4.69, 9.17) is 16.3 Å². The Labute approximate surface area is 229 Å². The maximum atomic E-state index is 14.1. The Morgan fingerprint density at radius 1 is 1.21 bits per heavy atom. The Balaban J connectivity index is 1.43. The van der Waals surface area contributed by atoms with Crippen molar-refractivity contribution in [2.24, 2.45) is 5.92 Å². The fourth-order valence-electron chi connectivity index (χ4n) is 5.22. The van der Waals surface area contributed by atoms with Gasteiger partial charge in [-0.15, -0.1) is 0 Å². The number of nitrogens with one attached hydrogen (secondary N) is 2. The van der Waals surface area contributed by atoms with Gasteiger partial charge in [-0.05, 0) is 39.1 Å². The zero-order valence-corrected chi connectivity index (χ0v) is 22.7. The second-order valence-corrected chi connectivity index (χ2v) is 10.8.